The van der Waals surface area contributed by atoms with Gasteiger partial charge < -0.3 is 10.4 Å². The number of aliphatic hydroxyl groups excluding tert-OH is 1. The topological polar surface area (TPSA) is 32.3 Å². The van der Waals surface area contributed by atoms with Crippen LogP contribution in [0.2, 0.25) is 0 Å². The highest BCUT2D eigenvalue weighted by Crippen LogP contribution is 2.05. The Morgan fingerprint density at radius 1 is 1.23 bits per heavy atom. The van der Waals surface area contributed by atoms with Gasteiger partial charge >= 0.3 is 0 Å². The molecule has 0 aromatic heterocycles. The zero-order chi connectivity index (χ0) is 10.4. The summed E-state index contributed by atoms with van der Waals surface area (Å²) in [6.07, 6.45) is -3.27. The summed E-state index contributed by atoms with van der Waals surface area (Å²) in [5.41, 5.74) is 0. The first-order chi connectivity index (χ1) is 5.93. The summed E-state index contributed by atoms with van der Waals surface area (Å²) in [5, 5.41) is 11.7. The molecule has 2 unspecified atom stereocenters. The lowest BCUT2D eigenvalue weighted by Gasteiger charge is -2.18. The predicted octanol–water partition coefficient (Wildman–Crippen LogP) is 1.64. The summed E-state index contributed by atoms with van der Waals surface area (Å²) in [5.74, 6) is 0.534. The molecule has 2 atom stereocenters. The van der Waals surface area contributed by atoms with Crippen LogP contribution < -0.4 is 5.32 Å². The maximum absolute atomic E-state index is 11.9. The number of aliphatic hydroxyl groups is 1. The number of hydrogen-bond donors (Lipinski definition) is 2. The van der Waals surface area contributed by atoms with E-state index in [-0.39, 0.29) is 12.6 Å². The Hall–Kier alpha value is -0.220. The Kier molecular flexibility index (Phi) is 6.16. The van der Waals surface area contributed by atoms with Crippen LogP contribution in [-0.2, 0) is 0 Å². The molecule has 0 rings (SSSR count). The Balaban J connectivity index is 3.51. The van der Waals surface area contributed by atoms with Crippen LogP contribution in [0.15, 0.2) is 0 Å². The lowest BCUT2D eigenvalue weighted by molar-refractivity contribution is -0.00461. The largest absolute Gasteiger partial charge is 0.386 e. The van der Waals surface area contributed by atoms with E-state index in [0.29, 0.717) is 5.92 Å². The minimum atomic E-state index is -2.65. The second-order valence-electron chi connectivity index (χ2n) is 3.84. The lowest BCUT2D eigenvalue weighted by atomic mass is 10.1. The minimum Gasteiger partial charge on any atom is -0.386 e. The van der Waals surface area contributed by atoms with Crippen molar-refractivity contribution >= 4 is 0 Å². The van der Waals surface area contributed by atoms with Gasteiger partial charge in [-0.3, -0.25) is 0 Å². The molecule has 0 aliphatic heterocycles. The Morgan fingerprint density at radius 3 is 2.15 bits per heavy atom. The molecule has 0 saturated carbocycles. The molecule has 0 amide bonds. The average molecular weight is 195 g/mol. The maximum atomic E-state index is 11.9. The molecular formula is C9H19F2NO. The highest BCUT2D eigenvalue weighted by molar-refractivity contribution is 4.67. The summed E-state index contributed by atoms with van der Waals surface area (Å²) >= 11 is 0. The molecule has 0 bridgehead atoms. The van der Waals surface area contributed by atoms with Crippen molar-refractivity contribution in [1.82, 2.24) is 5.32 Å². The molecule has 0 aliphatic carbocycles. The van der Waals surface area contributed by atoms with Gasteiger partial charge in [-0.1, -0.05) is 13.8 Å². The predicted molar refractivity (Wildman–Crippen MR) is 48.9 cm³/mol. The number of rotatable bonds is 6. The highest BCUT2D eigenvalue weighted by atomic mass is 19.3. The first-order valence-electron chi connectivity index (χ1n) is 4.63. The molecule has 0 aromatic rings. The zero-order valence-electron chi connectivity index (χ0n) is 8.43. The molecule has 4 heteroatoms. The van der Waals surface area contributed by atoms with E-state index >= 15 is 0 Å². The van der Waals surface area contributed by atoms with Crippen LogP contribution in [0.4, 0.5) is 8.78 Å². The third-order valence-corrected chi connectivity index (χ3v) is 1.79. The molecule has 2 N–H and O–H groups in total. The van der Waals surface area contributed by atoms with Gasteiger partial charge in [0.05, 0.1) is 0 Å². The van der Waals surface area contributed by atoms with Crippen molar-refractivity contribution in [2.24, 2.45) is 5.92 Å². The third kappa shape index (κ3) is 6.90. The van der Waals surface area contributed by atoms with Crippen molar-refractivity contribution < 1.29 is 13.9 Å². The molecule has 80 valence electrons. The molecule has 0 aromatic carbocycles. The molecule has 2 nitrogen and oxygen atoms in total. The van der Waals surface area contributed by atoms with Gasteiger partial charge in [-0.25, -0.2) is 8.78 Å². The van der Waals surface area contributed by atoms with E-state index in [1.807, 2.05) is 6.92 Å². The number of alkyl halides is 2. The second-order valence-corrected chi connectivity index (χ2v) is 3.84. The molecule has 0 heterocycles. The summed E-state index contributed by atoms with van der Waals surface area (Å²) < 4.78 is 23.7. The van der Waals surface area contributed by atoms with Gasteiger partial charge in [0.1, 0.15) is 6.10 Å². The quantitative estimate of drug-likeness (QED) is 0.675. The van der Waals surface area contributed by atoms with Crippen LogP contribution in [0, 0.1) is 5.92 Å². The fraction of sp³-hybridized carbons (Fsp3) is 1.00. The Labute approximate surface area is 78.3 Å². The first-order valence-corrected chi connectivity index (χ1v) is 4.63. The fourth-order valence-corrected chi connectivity index (χ4v) is 1.20. The minimum absolute atomic E-state index is 0.0362. The zero-order valence-corrected chi connectivity index (χ0v) is 8.43. The van der Waals surface area contributed by atoms with Crippen LogP contribution in [0.25, 0.3) is 0 Å². The summed E-state index contributed by atoms with van der Waals surface area (Å²) in [7, 11) is 0. The summed E-state index contributed by atoms with van der Waals surface area (Å²) in [6.45, 7) is 6.03. The number of nitrogens with one attached hydrogen (secondary N) is 1. The third-order valence-electron chi connectivity index (χ3n) is 1.79. The van der Waals surface area contributed by atoms with E-state index in [1.165, 1.54) is 0 Å². The van der Waals surface area contributed by atoms with E-state index in [0.717, 1.165) is 6.42 Å². The standard InChI is InChI=1S/C9H19F2NO/c1-6(2)4-7(3)12-5-8(13)9(10)11/h6-9,12-13H,4-5H2,1-3H3. The summed E-state index contributed by atoms with van der Waals surface area (Å²) in [6, 6.07) is 0.174. The summed E-state index contributed by atoms with van der Waals surface area (Å²) in [4.78, 5) is 0. The van der Waals surface area contributed by atoms with Crippen molar-refractivity contribution in [3.8, 4) is 0 Å². The van der Waals surface area contributed by atoms with Crippen molar-refractivity contribution in [3.05, 3.63) is 0 Å². The second kappa shape index (κ2) is 6.27. The van der Waals surface area contributed by atoms with Crippen LogP contribution >= 0.6 is 0 Å². The van der Waals surface area contributed by atoms with Crippen molar-refractivity contribution in [1.29, 1.82) is 0 Å². The Morgan fingerprint density at radius 2 is 1.77 bits per heavy atom. The van der Waals surface area contributed by atoms with E-state index in [9.17, 15) is 8.78 Å². The van der Waals surface area contributed by atoms with Gasteiger partial charge in [0.2, 0.25) is 0 Å². The van der Waals surface area contributed by atoms with Gasteiger partial charge in [-0.15, -0.1) is 0 Å². The monoisotopic (exact) mass is 195 g/mol. The molecule has 0 fully saturated rings. The molecular weight excluding hydrogens is 176 g/mol. The molecule has 13 heavy (non-hydrogen) atoms. The lowest BCUT2D eigenvalue weighted by Crippen LogP contribution is -2.37. The van der Waals surface area contributed by atoms with Gasteiger partial charge in [-0.2, -0.15) is 0 Å². The van der Waals surface area contributed by atoms with Gasteiger partial charge in [0, 0.05) is 12.6 Å². The average Bonchev–Trinajstić information content (AvgIpc) is 1.98. The molecule has 0 saturated heterocycles. The van der Waals surface area contributed by atoms with Crippen LogP contribution in [-0.4, -0.2) is 30.2 Å². The highest BCUT2D eigenvalue weighted by Gasteiger charge is 2.17. The van der Waals surface area contributed by atoms with Crippen molar-refractivity contribution in [2.75, 3.05) is 6.54 Å². The molecule has 0 radical (unpaired) electrons. The number of halogens is 2. The van der Waals surface area contributed by atoms with E-state index in [4.69, 9.17) is 5.11 Å². The van der Waals surface area contributed by atoms with Crippen LogP contribution in [0.5, 0.6) is 0 Å². The van der Waals surface area contributed by atoms with E-state index in [2.05, 4.69) is 19.2 Å². The Bertz CT molecular complexity index is 131. The van der Waals surface area contributed by atoms with Crippen LogP contribution in [0.1, 0.15) is 27.2 Å². The fourth-order valence-electron chi connectivity index (χ4n) is 1.20. The van der Waals surface area contributed by atoms with Gasteiger partial charge in [0.25, 0.3) is 6.43 Å². The van der Waals surface area contributed by atoms with E-state index < -0.39 is 12.5 Å². The maximum Gasteiger partial charge on any atom is 0.265 e. The molecule has 0 spiro atoms. The normalized spacial score (nSPS) is 16.6. The van der Waals surface area contributed by atoms with Crippen LogP contribution in [0.3, 0.4) is 0 Å². The van der Waals surface area contributed by atoms with E-state index in [1.54, 1.807) is 0 Å². The smallest absolute Gasteiger partial charge is 0.265 e. The number of hydrogen-bond acceptors (Lipinski definition) is 2. The van der Waals surface area contributed by atoms with Crippen molar-refractivity contribution in [3.63, 3.8) is 0 Å². The SMILES string of the molecule is CC(C)CC(C)NCC(O)C(F)F. The first kappa shape index (κ1) is 12.8. The van der Waals surface area contributed by atoms with Gasteiger partial charge in [-0.05, 0) is 19.3 Å². The van der Waals surface area contributed by atoms with Crippen molar-refractivity contribution in [2.45, 2.75) is 45.8 Å². The molecule has 0 aliphatic rings. The van der Waals surface area contributed by atoms with Gasteiger partial charge in [0.15, 0.2) is 0 Å².